The summed E-state index contributed by atoms with van der Waals surface area (Å²) >= 11 is 1.80. The topological polar surface area (TPSA) is 25.8 Å². The van der Waals surface area contributed by atoms with Gasteiger partial charge in [0.2, 0.25) is 0 Å². The van der Waals surface area contributed by atoms with Crippen molar-refractivity contribution in [3.05, 3.63) is 127 Å². The molecule has 0 unspecified atom stereocenters. The number of hydrogen-bond donors (Lipinski definition) is 0. The summed E-state index contributed by atoms with van der Waals surface area (Å²) in [5, 5.41) is 6.47. The Bertz CT molecular complexity index is 2090. The molecular weight excluding hydrogens is 749 g/mol. The number of benzene rings is 4. The van der Waals surface area contributed by atoms with Gasteiger partial charge in [0.15, 0.2) is 0 Å². The molecule has 7 rings (SSSR count). The summed E-state index contributed by atoms with van der Waals surface area (Å²) in [6.07, 6.45) is 3.82. The first-order valence-corrected chi connectivity index (χ1v) is 19.0. The minimum Gasteiger partial charge on any atom is -0.305 e. The third kappa shape index (κ3) is 6.77. The average Bonchev–Trinajstić information content (AvgIpc) is 3.37. The van der Waals surface area contributed by atoms with E-state index in [1.165, 1.54) is 41.7 Å². The van der Waals surface area contributed by atoms with Crippen LogP contribution in [0.2, 0.25) is 19.6 Å². The molecule has 1 radical (unpaired) electrons. The maximum absolute atomic E-state index is 8.35. The average molecular weight is 786 g/mol. The maximum atomic E-state index is 8.35. The molecular formula is C39H36IrN2SSi-2. The number of aryl methyl sites for hydroxylation is 1. The van der Waals surface area contributed by atoms with Gasteiger partial charge in [-0.1, -0.05) is 86.4 Å². The van der Waals surface area contributed by atoms with Gasteiger partial charge in [-0.25, -0.2) is 0 Å². The number of fused-ring (bicyclic) bond motifs is 4. The summed E-state index contributed by atoms with van der Waals surface area (Å²) in [6, 6.07) is 38.1. The maximum Gasteiger partial charge on any atom is 0.0795 e. The second-order valence-corrected chi connectivity index (χ2v) is 18.4. The van der Waals surface area contributed by atoms with Gasteiger partial charge in [-0.05, 0) is 68.4 Å². The number of nitrogens with zero attached hydrogens (tertiary/aromatic N) is 2. The van der Waals surface area contributed by atoms with E-state index in [2.05, 4.69) is 97.2 Å². The Morgan fingerprint density at radius 1 is 0.795 bits per heavy atom. The summed E-state index contributed by atoms with van der Waals surface area (Å²) in [5.41, 5.74) is 6.21. The summed E-state index contributed by atoms with van der Waals surface area (Å²) < 4.78 is 10.8. The Morgan fingerprint density at radius 3 is 2.34 bits per heavy atom. The van der Waals surface area contributed by atoms with E-state index in [1.54, 1.807) is 17.5 Å². The third-order valence-electron chi connectivity index (χ3n) is 7.75. The predicted molar refractivity (Wildman–Crippen MR) is 189 cm³/mol. The van der Waals surface area contributed by atoms with Gasteiger partial charge >= 0.3 is 0 Å². The second-order valence-electron chi connectivity index (χ2n) is 12.3. The zero-order valence-electron chi connectivity index (χ0n) is 27.0. The van der Waals surface area contributed by atoms with E-state index in [-0.39, 0.29) is 20.1 Å². The van der Waals surface area contributed by atoms with Crippen molar-refractivity contribution in [2.75, 3.05) is 0 Å². The van der Waals surface area contributed by atoms with Crippen molar-refractivity contribution in [3.63, 3.8) is 0 Å². The Labute approximate surface area is 281 Å². The van der Waals surface area contributed by atoms with Gasteiger partial charge in [0.05, 0.1) is 8.07 Å². The van der Waals surface area contributed by atoms with E-state index in [0.29, 0.717) is 0 Å². The molecule has 0 saturated carbocycles. The summed E-state index contributed by atoms with van der Waals surface area (Å²) in [6.45, 7) is 12.9. The first-order valence-electron chi connectivity index (χ1n) is 15.2. The number of aromatic nitrogens is 2. The minimum absolute atomic E-state index is 0. The Kier molecular flexibility index (Phi) is 9.20. The van der Waals surface area contributed by atoms with E-state index in [9.17, 15) is 0 Å². The van der Waals surface area contributed by atoms with Crippen LogP contribution in [0.4, 0.5) is 0 Å². The van der Waals surface area contributed by atoms with Gasteiger partial charge in [-0.3, -0.25) is 0 Å². The fourth-order valence-electron chi connectivity index (χ4n) is 5.22. The van der Waals surface area contributed by atoms with Gasteiger partial charge < -0.3 is 9.97 Å². The van der Waals surface area contributed by atoms with E-state index in [0.717, 1.165) is 28.1 Å². The number of hydrogen-bond acceptors (Lipinski definition) is 3. The molecule has 223 valence electrons. The van der Waals surface area contributed by atoms with Crippen molar-refractivity contribution in [3.8, 4) is 22.5 Å². The molecule has 7 aromatic rings. The Hall–Kier alpha value is -3.47. The number of thiophene rings is 1. The van der Waals surface area contributed by atoms with Crippen molar-refractivity contribution in [1.82, 2.24) is 9.97 Å². The number of rotatable bonds is 4. The van der Waals surface area contributed by atoms with Crippen LogP contribution >= 0.6 is 11.3 Å². The zero-order valence-corrected chi connectivity index (χ0v) is 30.2. The first-order chi connectivity index (χ1) is 21.0. The molecule has 5 heteroatoms. The van der Waals surface area contributed by atoms with Crippen LogP contribution in [0.25, 0.3) is 53.5 Å². The second kappa shape index (κ2) is 13.3. The fraction of sp³-hybridized carbons (Fsp3) is 0.179. The summed E-state index contributed by atoms with van der Waals surface area (Å²) in [7, 11) is -1.23. The standard InChI is InChI=1S/C25H20NS.C14H16NSi.Ir/c1-15(2)17-9-10-26-23(13-17)21-6-4-5-20-22-12-19-11-16(3)7-8-18(19)14-24(22)27-25(20)21;1-16(2,3)13-9-10-14(15-11-13)12-7-5-4-6-8-12;/h4-5,7-15H,1-3H3;4-7,9-11H,1-3H3;/q2*-1;/i15D;;. The molecule has 3 heterocycles. The first kappa shape index (κ1) is 30.5. The van der Waals surface area contributed by atoms with Gasteiger partial charge in [0.25, 0.3) is 0 Å². The molecule has 0 N–H and O–H groups in total. The molecule has 44 heavy (non-hydrogen) atoms. The van der Waals surface area contributed by atoms with Crippen LogP contribution in [-0.2, 0) is 20.1 Å². The predicted octanol–water partition coefficient (Wildman–Crippen LogP) is 10.6. The molecule has 0 aliphatic heterocycles. The Morgan fingerprint density at radius 2 is 1.64 bits per heavy atom. The van der Waals surface area contributed by atoms with E-state index in [1.807, 2.05) is 62.5 Å². The number of pyridine rings is 2. The molecule has 3 aromatic heterocycles. The monoisotopic (exact) mass is 786 g/mol. The smallest absolute Gasteiger partial charge is 0.0795 e. The van der Waals surface area contributed by atoms with Crippen LogP contribution in [0.1, 0.15) is 32.2 Å². The molecule has 4 aromatic carbocycles. The van der Waals surface area contributed by atoms with E-state index in [4.69, 9.17) is 1.37 Å². The van der Waals surface area contributed by atoms with Crippen LogP contribution in [0.3, 0.4) is 0 Å². The molecule has 0 spiro atoms. The quantitative estimate of drug-likeness (QED) is 0.131. The normalized spacial score (nSPS) is 12.0. The van der Waals surface area contributed by atoms with Crippen molar-refractivity contribution in [1.29, 1.82) is 0 Å². The van der Waals surface area contributed by atoms with Crippen molar-refractivity contribution in [2.45, 2.75) is 46.3 Å². The SMILES string of the molecule is C[Si](C)(C)c1ccc(-c2[c-]cccc2)nc1.[2H]C(C)(C)c1ccnc(-c2[c-]ccc3c2sc2cc4ccc(C)cc4cc23)c1.[Ir]. The molecule has 2 nitrogen and oxygen atoms in total. The molecule has 0 aliphatic carbocycles. The largest absolute Gasteiger partial charge is 0.305 e. The van der Waals surface area contributed by atoms with Crippen LogP contribution < -0.4 is 5.19 Å². The van der Waals surface area contributed by atoms with Crippen molar-refractivity contribution < 1.29 is 21.5 Å². The summed E-state index contributed by atoms with van der Waals surface area (Å²) in [5.74, 6) is -0.651. The van der Waals surface area contributed by atoms with Crippen LogP contribution in [0.15, 0.2) is 103 Å². The Balaban J connectivity index is 0.000000202. The van der Waals surface area contributed by atoms with E-state index < -0.39 is 14.0 Å². The molecule has 0 fully saturated rings. The fourth-order valence-corrected chi connectivity index (χ4v) is 7.49. The van der Waals surface area contributed by atoms with Gasteiger partial charge in [-0.15, -0.1) is 59.7 Å². The van der Waals surface area contributed by atoms with Crippen LogP contribution in [-0.4, -0.2) is 18.0 Å². The molecule has 0 aliphatic rings. The van der Waals surface area contributed by atoms with Gasteiger partial charge in [-0.2, -0.15) is 11.3 Å². The molecule has 0 bridgehead atoms. The molecule has 0 saturated heterocycles. The van der Waals surface area contributed by atoms with E-state index >= 15 is 0 Å². The van der Waals surface area contributed by atoms with Crippen molar-refractivity contribution >= 4 is 55.5 Å². The van der Waals surface area contributed by atoms with Crippen molar-refractivity contribution in [2.24, 2.45) is 0 Å². The summed E-state index contributed by atoms with van der Waals surface area (Å²) in [4.78, 5) is 9.12. The van der Waals surface area contributed by atoms with Gasteiger partial charge in [0.1, 0.15) is 0 Å². The van der Waals surface area contributed by atoms with Gasteiger partial charge in [0, 0.05) is 38.6 Å². The molecule has 0 amide bonds. The van der Waals surface area contributed by atoms with Crippen LogP contribution in [0.5, 0.6) is 0 Å². The zero-order chi connectivity index (χ0) is 31.1. The molecule has 0 atom stereocenters. The third-order valence-corrected chi connectivity index (χ3v) is 11.0. The van der Waals surface area contributed by atoms with Crippen LogP contribution in [0, 0.1) is 19.1 Å². The minimum atomic E-state index is -1.23.